The number of methoxy groups -OCH3 is 1. The highest BCUT2D eigenvalue weighted by Gasteiger charge is 2.31. The smallest absolute Gasteiger partial charge is 0.324 e. The molecule has 8 heteroatoms. The van der Waals surface area contributed by atoms with Crippen LogP contribution in [-0.2, 0) is 19.6 Å². The number of ether oxygens (including phenoxy) is 1. The first kappa shape index (κ1) is 15.5. The topological polar surface area (TPSA) is 85.4 Å². The Hall–Kier alpha value is -1.54. The molecule has 0 bridgehead atoms. The van der Waals surface area contributed by atoms with Gasteiger partial charge in [-0.05, 0) is 18.1 Å². The summed E-state index contributed by atoms with van der Waals surface area (Å²) in [7, 11) is -3.08. The molecule has 0 aromatic carbocycles. The zero-order chi connectivity index (χ0) is 14.6. The highest BCUT2D eigenvalue weighted by molar-refractivity contribution is 7.89. The Morgan fingerprint density at radius 3 is 2.58 bits per heavy atom. The van der Waals surface area contributed by atoms with Crippen molar-refractivity contribution >= 4 is 16.0 Å². The second-order valence-corrected chi connectivity index (χ2v) is 5.79. The molecule has 6 nitrogen and oxygen atoms in total. The van der Waals surface area contributed by atoms with Gasteiger partial charge in [-0.1, -0.05) is 13.8 Å². The minimum Gasteiger partial charge on any atom is -0.468 e. The van der Waals surface area contributed by atoms with Gasteiger partial charge in [-0.15, -0.1) is 0 Å². The number of halogens is 1. The quantitative estimate of drug-likeness (QED) is 0.807. The number of carbonyl (C=O) groups excluding carboxylic acids is 1. The first-order valence-corrected chi connectivity index (χ1v) is 6.98. The van der Waals surface area contributed by atoms with Crippen molar-refractivity contribution in [3.63, 3.8) is 0 Å². The van der Waals surface area contributed by atoms with Crippen molar-refractivity contribution in [2.24, 2.45) is 5.92 Å². The van der Waals surface area contributed by atoms with Gasteiger partial charge in [0.2, 0.25) is 5.03 Å². The van der Waals surface area contributed by atoms with Gasteiger partial charge >= 0.3 is 5.97 Å². The summed E-state index contributed by atoms with van der Waals surface area (Å²) in [5.41, 5.74) is 0. The van der Waals surface area contributed by atoms with Crippen molar-refractivity contribution in [1.29, 1.82) is 0 Å². The van der Waals surface area contributed by atoms with Crippen LogP contribution in [0.1, 0.15) is 13.8 Å². The Morgan fingerprint density at radius 1 is 1.47 bits per heavy atom. The van der Waals surface area contributed by atoms with Crippen LogP contribution in [0, 0.1) is 11.7 Å². The third-order valence-corrected chi connectivity index (χ3v) is 3.76. The van der Waals surface area contributed by atoms with E-state index in [9.17, 15) is 17.6 Å². The molecule has 0 aliphatic heterocycles. The fourth-order valence-electron chi connectivity index (χ4n) is 1.38. The third kappa shape index (κ3) is 3.71. The van der Waals surface area contributed by atoms with Crippen LogP contribution in [-0.4, -0.2) is 32.5 Å². The van der Waals surface area contributed by atoms with Gasteiger partial charge in [0.05, 0.1) is 7.11 Å². The number of nitrogens with one attached hydrogen (secondary N) is 1. The second-order valence-electron chi connectivity index (χ2n) is 4.16. The van der Waals surface area contributed by atoms with Gasteiger partial charge < -0.3 is 4.74 Å². The molecule has 1 N–H and O–H groups in total. The van der Waals surface area contributed by atoms with E-state index in [0.717, 1.165) is 19.4 Å². The Labute approximate surface area is 111 Å². The number of hydrogen-bond acceptors (Lipinski definition) is 5. The highest BCUT2D eigenvalue weighted by Crippen LogP contribution is 2.13. The summed E-state index contributed by atoms with van der Waals surface area (Å²) in [6, 6.07) is 1.15. The predicted octanol–water partition coefficient (Wildman–Crippen LogP) is 0.697. The lowest BCUT2D eigenvalue weighted by atomic mass is 10.1. The van der Waals surface area contributed by atoms with Crippen LogP contribution in [0.4, 0.5) is 4.39 Å². The van der Waals surface area contributed by atoms with E-state index in [0.29, 0.717) is 0 Å². The van der Waals surface area contributed by atoms with Gasteiger partial charge in [-0.3, -0.25) is 4.79 Å². The lowest BCUT2D eigenvalue weighted by Gasteiger charge is -2.19. The maximum atomic E-state index is 13.4. The fourth-order valence-corrected chi connectivity index (χ4v) is 2.71. The molecule has 1 unspecified atom stereocenters. The number of pyridine rings is 1. The van der Waals surface area contributed by atoms with E-state index < -0.39 is 32.9 Å². The molecule has 0 saturated carbocycles. The van der Waals surface area contributed by atoms with Crippen LogP contribution in [0.25, 0.3) is 0 Å². The summed E-state index contributed by atoms with van der Waals surface area (Å²) in [4.78, 5) is 15.0. The van der Waals surface area contributed by atoms with Crippen LogP contribution in [0.15, 0.2) is 23.4 Å². The van der Waals surface area contributed by atoms with E-state index in [4.69, 9.17) is 0 Å². The summed E-state index contributed by atoms with van der Waals surface area (Å²) in [6.45, 7) is 3.28. The maximum absolute atomic E-state index is 13.4. The average molecular weight is 290 g/mol. The van der Waals surface area contributed by atoms with Crippen LogP contribution in [0.2, 0.25) is 0 Å². The van der Waals surface area contributed by atoms with Gasteiger partial charge in [0, 0.05) is 6.20 Å². The van der Waals surface area contributed by atoms with Crippen molar-refractivity contribution in [3.8, 4) is 0 Å². The van der Waals surface area contributed by atoms with Crippen LogP contribution >= 0.6 is 0 Å². The molecule has 1 atom stereocenters. The first-order valence-electron chi connectivity index (χ1n) is 5.50. The average Bonchev–Trinajstić information content (AvgIpc) is 2.35. The summed E-state index contributed by atoms with van der Waals surface area (Å²) in [5.74, 6) is -2.08. The second kappa shape index (κ2) is 6.07. The standard InChI is InChI=1S/C11H15FN2O4S/c1-7(2)9(11(15)18-3)14-19(16,17)10-8(12)5-4-6-13-10/h4-7,9,14H,1-3H3. The van der Waals surface area contributed by atoms with E-state index in [2.05, 4.69) is 14.4 Å². The SMILES string of the molecule is COC(=O)C(NS(=O)(=O)c1ncccc1F)C(C)C. The molecular weight excluding hydrogens is 275 g/mol. The van der Waals surface area contributed by atoms with Crippen molar-refractivity contribution in [2.45, 2.75) is 24.9 Å². The molecular formula is C11H15FN2O4S. The monoisotopic (exact) mass is 290 g/mol. The van der Waals surface area contributed by atoms with Crippen LogP contribution in [0.5, 0.6) is 0 Å². The number of sulfonamides is 1. The molecule has 106 valence electrons. The molecule has 0 amide bonds. The molecule has 0 fully saturated rings. The van der Waals surface area contributed by atoms with E-state index in [1.54, 1.807) is 13.8 Å². The Kier molecular flexibility index (Phi) is 4.96. The Bertz CT molecular complexity index is 560. The summed E-state index contributed by atoms with van der Waals surface area (Å²) in [5, 5.41) is -0.746. The molecule has 0 saturated heterocycles. The van der Waals surface area contributed by atoms with E-state index in [1.807, 2.05) is 0 Å². The molecule has 0 aliphatic rings. The molecule has 19 heavy (non-hydrogen) atoms. The first-order chi connectivity index (χ1) is 8.79. The number of hydrogen-bond donors (Lipinski definition) is 1. The Morgan fingerprint density at radius 2 is 2.11 bits per heavy atom. The van der Waals surface area contributed by atoms with Crippen molar-refractivity contribution in [1.82, 2.24) is 9.71 Å². The molecule has 1 heterocycles. The van der Waals surface area contributed by atoms with Gasteiger partial charge in [0.1, 0.15) is 6.04 Å². The largest absolute Gasteiger partial charge is 0.468 e. The van der Waals surface area contributed by atoms with Gasteiger partial charge in [-0.25, -0.2) is 17.8 Å². The molecule has 1 aromatic heterocycles. The third-order valence-electron chi connectivity index (χ3n) is 2.38. The maximum Gasteiger partial charge on any atom is 0.324 e. The molecule has 0 spiro atoms. The minimum absolute atomic E-state index is 0.353. The number of carbonyl (C=O) groups is 1. The number of aromatic nitrogens is 1. The molecule has 1 aromatic rings. The van der Waals surface area contributed by atoms with Crippen LogP contribution < -0.4 is 4.72 Å². The molecule has 0 radical (unpaired) electrons. The highest BCUT2D eigenvalue weighted by atomic mass is 32.2. The normalized spacial score (nSPS) is 13.3. The van der Waals surface area contributed by atoms with Crippen molar-refractivity contribution in [2.75, 3.05) is 7.11 Å². The number of rotatable bonds is 5. The minimum atomic E-state index is -4.23. The van der Waals surface area contributed by atoms with Crippen molar-refractivity contribution < 1.29 is 22.3 Å². The molecule has 1 rings (SSSR count). The van der Waals surface area contributed by atoms with Gasteiger partial charge in [0.15, 0.2) is 5.82 Å². The lowest BCUT2D eigenvalue weighted by Crippen LogP contribution is -2.45. The van der Waals surface area contributed by atoms with E-state index in [1.165, 1.54) is 6.07 Å². The van der Waals surface area contributed by atoms with E-state index in [-0.39, 0.29) is 5.92 Å². The van der Waals surface area contributed by atoms with Crippen molar-refractivity contribution in [3.05, 3.63) is 24.1 Å². The Balaban J connectivity index is 3.08. The lowest BCUT2D eigenvalue weighted by molar-refractivity contribution is -0.143. The van der Waals surface area contributed by atoms with Gasteiger partial charge in [-0.2, -0.15) is 4.72 Å². The summed E-state index contributed by atoms with van der Waals surface area (Å²) in [6.07, 6.45) is 1.15. The van der Waals surface area contributed by atoms with Crippen LogP contribution in [0.3, 0.4) is 0 Å². The van der Waals surface area contributed by atoms with E-state index >= 15 is 0 Å². The molecule has 0 aliphatic carbocycles. The predicted molar refractivity (Wildman–Crippen MR) is 65.2 cm³/mol. The fraction of sp³-hybridized carbons (Fsp3) is 0.455. The zero-order valence-corrected chi connectivity index (χ0v) is 11.6. The number of nitrogens with zero attached hydrogens (tertiary/aromatic N) is 1. The number of esters is 1. The zero-order valence-electron chi connectivity index (χ0n) is 10.8. The summed E-state index contributed by atoms with van der Waals surface area (Å²) >= 11 is 0. The van der Waals surface area contributed by atoms with Gasteiger partial charge in [0.25, 0.3) is 10.0 Å². The summed E-state index contributed by atoms with van der Waals surface area (Å²) < 4.78 is 44.0.